The molecule has 0 atom stereocenters. The summed E-state index contributed by atoms with van der Waals surface area (Å²) in [6.07, 6.45) is 2.75. The Morgan fingerprint density at radius 3 is 2.57 bits per heavy atom. The van der Waals surface area contributed by atoms with E-state index in [1.165, 1.54) is 36.7 Å². The van der Waals surface area contributed by atoms with Gasteiger partial charge in [-0.1, -0.05) is 0 Å². The zero-order valence-electron chi connectivity index (χ0n) is 11.9. The number of carboxylic acids is 1. The van der Waals surface area contributed by atoms with E-state index < -0.39 is 11.9 Å². The van der Waals surface area contributed by atoms with Gasteiger partial charge >= 0.3 is 5.97 Å². The van der Waals surface area contributed by atoms with Crippen molar-refractivity contribution in [3.63, 3.8) is 0 Å². The molecule has 0 aliphatic carbocycles. The van der Waals surface area contributed by atoms with E-state index in [0.717, 1.165) is 0 Å². The van der Waals surface area contributed by atoms with Gasteiger partial charge in [-0.15, -0.1) is 0 Å². The molecule has 1 heterocycles. The molecule has 0 radical (unpaired) electrons. The van der Waals surface area contributed by atoms with Crippen LogP contribution in [0, 0.1) is 11.3 Å². The lowest BCUT2D eigenvalue weighted by Crippen LogP contribution is -2.24. The first-order valence-corrected chi connectivity index (χ1v) is 6.61. The first-order chi connectivity index (χ1) is 11.1. The lowest BCUT2D eigenvalue weighted by Gasteiger charge is -2.04. The smallest absolute Gasteiger partial charge is 0.335 e. The fourth-order valence-electron chi connectivity index (χ4n) is 1.69. The minimum Gasteiger partial charge on any atom is -0.478 e. The van der Waals surface area contributed by atoms with E-state index in [1.54, 1.807) is 18.2 Å². The summed E-state index contributed by atoms with van der Waals surface area (Å²) in [5.74, 6) is -0.992. The summed E-state index contributed by atoms with van der Waals surface area (Å²) in [4.78, 5) is 22.6. The van der Waals surface area contributed by atoms with Crippen LogP contribution in [0.1, 0.15) is 16.1 Å². The lowest BCUT2D eigenvalue weighted by atomic mass is 10.2. The Labute approximate surface area is 131 Å². The second kappa shape index (κ2) is 7.47. The van der Waals surface area contributed by atoms with Crippen LogP contribution < -0.4 is 10.6 Å². The van der Waals surface area contributed by atoms with Crippen LogP contribution in [0.15, 0.2) is 58.9 Å². The summed E-state index contributed by atoms with van der Waals surface area (Å²) >= 11 is 0. The van der Waals surface area contributed by atoms with E-state index in [4.69, 9.17) is 14.8 Å². The number of nitrogens with one attached hydrogen (secondary N) is 2. The first kappa shape index (κ1) is 15.9. The predicted octanol–water partition coefficient (Wildman–Crippen LogP) is 2.11. The number of benzene rings is 1. The molecule has 116 valence electrons. The normalized spacial score (nSPS) is 10.7. The molecule has 7 heteroatoms. The van der Waals surface area contributed by atoms with Crippen molar-refractivity contribution in [1.82, 2.24) is 5.32 Å². The van der Waals surface area contributed by atoms with E-state index >= 15 is 0 Å². The van der Waals surface area contributed by atoms with Gasteiger partial charge in [0.25, 0.3) is 5.91 Å². The maximum absolute atomic E-state index is 11.9. The quantitative estimate of drug-likeness (QED) is 0.556. The topological polar surface area (TPSA) is 115 Å². The minimum absolute atomic E-state index is 0.112. The van der Waals surface area contributed by atoms with Gasteiger partial charge in [0.15, 0.2) is 0 Å². The van der Waals surface area contributed by atoms with Crippen LogP contribution in [-0.2, 0) is 11.3 Å². The first-order valence-electron chi connectivity index (χ1n) is 6.61. The maximum atomic E-state index is 11.9. The molecular weight excluding hydrogens is 298 g/mol. The Bertz CT molecular complexity index is 756. The van der Waals surface area contributed by atoms with Crippen LogP contribution in [0.4, 0.5) is 5.69 Å². The number of furan rings is 1. The van der Waals surface area contributed by atoms with Crippen molar-refractivity contribution >= 4 is 17.6 Å². The monoisotopic (exact) mass is 311 g/mol. The molecule has 3 N–H and O–H groups in total. The number of carboxylic acid groups (broad SMARTS) is 1. The molecule has 0 aliphatic rings. The minimum atomic E-state index is -1.03. The van der Waals surface area contributed by atoms with Gasteiger partial charge in [0.2, 0.25) is 0 Å². The van der Waals surface area contributed by atoms with E-state index in [-0.39, 0.29) is 17.7 Å². The van der Waals surface area contributed by atoms with Crippen molar-refractivity contribution in [1.29, 1.82) is 5.26 Å². The lowest BCUT2D eigenvalue weighted by molar-refractivity contribution is -0.117. The summed E-state index contributed by atoms with van der Waals surface area (Å²) in [6.45, 7) is 0.179. The number of anilines is 1. The van der Waals surface area contributed by atoms with Gasteiger partial charge in [-0.3, -0.25) is 4.79 Å². The van der Waals surface area contributed by atoms with E-state index in [2.05, 4.69) is 10.6 Å². The highest BCUT2D eigenvalue weighted by Gasteiger charge is 2.09. The molecule has 0 spiro atoms. The van der Waals surface area contributed by atoms with Gasteiger partial charge in [-0.25, -0.2) is 4.79 Å². The van der Waals surface area contributed by atoms with Crippen molar-refractivity contribution in [3.8, 4) is 6.07 Å². The zero-order chi connectivity index (χ0) is 16.7. The van der Waals surface area contributed by atoms with Crippen molar-refractivity contribution in [3.05, 3.63) is 65.8 Å². The van der Waals surface area contributed by atoms with Crippen molar-refractivity contribution in [2.75, 3.05) is 5.32 Å². The SMILES string of the molecule is N#C/C(=C/Nc1ccc(C(=O)O)cc1)C(=O)NCc1ccco1. The van der Waals surface area contributed by atoms with Gasteiger partial charge in [0, 0.05) is 11.9 Å². The molecule has 1 aromatic heterocycles. The fraction of sp³-hybridized carbons (Fsp3) is 0.0625. The van der Waals surface area contributed by atoms with Crippen LogP contribution >= 0.6 is 0 Å². The van der Waals surface area contributed by atoms with Gasteiger partial charge < -0.3 is 20.2 Å². The van der Waals surface area contributed by atoms with Gasteiger partial charge in [-0.05, 0) is 36.4 Å². The Morgan fingerprint density at radius 2 is 2.00 bits per heavy atom. The Balaban J connectivity index is 1.96. The molecule has 0 aliphatic heterocycles. The summed E-state index contributed by atoms with van der Waals surface area (Å²) < 4.78 is 5.08. The summed E-state index contributed by atoms with van der Waals surface area (Å²) in [5.41, 5.74) is 0.594. The molecule has 0 bridgehead atoms. The molecule has 1 amide bonds. The molecule has 0 unspecified atom stereocenters. The number of aromatic carboxylic acids is 1. The molecule has 1 aromatic carbocycles. The number of rotatable bonds is 6. The van der Waals surface area contributed by atoms with E-state index in [1.807, 2.05) is 0 Å². The molecule has 2 rings (SSSR count). The average Bonchev–Trinajstić information content (AvgIpc) is 3.07. The van der Waals surface area contributed by atoms with E-state index in [9.17, 15) is 9.59 Å². The number of hydrogen-bond donors (Lipinski definition) is 3. The largest absolute Gasteiger partial charge is 0.478 e. The van der Waals surface area contributed by atoms with Crippen LogP contribution in [0.2, 0.25) is 0 Å². The van der Waals surface area contributed by atoms with Crippen LogP contribution in [-0.4, -0.2) is 17.0 Å². The number of nitrogens with zero attached hydrogens (tertiary/aromatic N) is 1. The standard InChI is InChI=1S/C16H13N3O4/c17-8-12(15(20)19-10-14-2-1-7-23-14)9-18-13-5-3-11(4-6-13)16(21)22/h1-7,9,18H,10H2,(H,19,20)(H,21,22)/b12-9-. The molecule has 23 heavy (non-hydrogen) atoms. The van der Waals surface area contributed by atoms with Crippen LogP contribution in [0.5, 0.6) is 0 Å². The van der Waals surface area contributed by atoms with Crippen LogP contribution in [0.25, 0.3) is 0 Å². The molecule has 0 fully saturated rings. The molecule has 0 saturated carbocycles. The zero-order valence-corrected chi connectivity index (χ0v) is 11.9. The van der Waals surface area contributed by atoms with Crippen molar-refractivity contribution < 1.29 is 19.1 Å². The third-order valence-corrected chi connectivity index (χ3v) is 2.88. The number of nitriles is 1. The Kier molecular flexibility index (Phi) is 5.15. The van der Waals surface area contributed by atoms with Crippen LogP contribution in [0.3, 0.4) is 0 Å². The fourth-order valence-corrected chi connectivity index (χ4v) is 1.69. The second-order valence-corrected chi connectivity index (χ2v) is 4.46. The van der Waals surface area contributed by atoms with E-state index in [0.29, 0.717) is 11.4 Å². The highest BCUT2D eigenvalue weighted by Crippen LogP contribution is 2.10. The van der Waals surface area contributed by atoms with Gasteiger partial charge in [-0.2, -0.15) is 5.26 Å². The van der Waals surface area contributed by atoms with Crippen molar-refractivity contribution in [2.45, 2.75) is 6.54 Å². The second-order valence-electron chi connectivity index (χ2n) is 4.46. The Morgan fingerprint density at radius 1 is 1.26 bits per heavy atom. The maximum Gasteiger partial charge on any atom is 0.335 e. The van der Waals surface area contributed by atoms with Gasteiger partial charge in [0.05, 0.1) is 18.4 Å². The number of carbonyl (C=O) groups is 2. The average molecular weight is 311 g/mol. The molecular formula is C16H13N3O4. The van der Waals surface area contributed by atoms with Crippen molar-refractivity contribution in [2.24, 2.45) is 0 Å². The number of amides is 1. The highest BCUT2D eigenvalue weighted by molar-refractivity contribution is 5.97. The Hall–Kier alpha value is -3.53. The predicted molar refractivity (Wildman–Crippen MR) is 81.3 cm³/mol. The summed E-state index contributed by atoms with van der Waals surface area (Å²) in [7, 11) is 0. The third-order valence-electron chi connectivity index (χ3n) is 2.88. The molecule has 0 saturated heterocycles. The number of carbonyl (C=O) groups excluding carboxylic acids is 1. The molecule has 7 nitrogen and oxygen atoms in total. The summed E-state index contributed by atoms with van der Waals surface area (Å²) in [5, 5.41) is 23.2. The van der Waals surface area contributed by atoms with Gasteiger partial charge in [0.1, 0.15) is 17.4 Å². The third kappa shape index (κ3) is 4.47. The molecule has 2 aromatic rings. The number of hydrogen-bond acceptors (Lipinski definition) is 5. The summed E-state index contributed by atoms with van der Waals surface area (Å²) in [6, 6.07) is 11.1. The highest BCUT2D eigenvalue weighted by atomic mass is 16.4.